The molecule has 1 aliphatic carbocycles. The molecule has 10 N–H and O–H groups in total. The zero-order valence-corrected chi connectivity index (χ0v) is 42.5. The first-order valence-corrected chi connectivity index (χ1v) is 27.5. The zero-order chi connectivity index (χ0) is 52.2. The van der Waals surface area contributed by atoms with Crippen LogP contribution >= 0.6 is 15.6 Å². The number of unbranched alkanes of at least 4 members (excludes halogenated alkanes) is 9. The lowest BCUT2D eigenvalue weighted by atomic mass is 9.85. The van der Waals surface area contributed by atoms with Crippen LogP contribution in [0.2, 0.25) is 0 Å². The van der Waals surface area contributed by atoms with E-state index in [1.807, 2.05) is 12.2 Å². The molecule has 0 amide bonds. The van der Waals surface area contributed by atoms with Crippen LogP contribution in [0.15, 0.2) is 85.1 Å². The first-order chi connectivity index (χ1) is 33.3. The van der Waals surface area contributed by atoms with Crippen molar-refractivity contribution in [3.8, 4) is 0 Å². The number of hydrogen-bond donors (Lipinski definition) is 10. The summed E-state index contributed by atoms with van der Waals surface area (Å²) >= 11 is 0. The lowest BCUT2D eigenvalue weighted by molar-refractivity contribution is -0.216. The molecule has 0 saturated heterocycles. The van der Waals surface area contributed by atoms with Crippen molar-refractivity contribution in [3.63, 3.8) is 0 Å². The number of hydrogen-bond acceptors (Lipinski definition) is 16. The van der Waals surface area contributed by atoms with Crippen LogP contribution in [-0.4, -0.2) is 137 Å². The molecule has 0 heterocycles. The Kier molecular flexibility index (Phi) is 35.9. The highest BCUT2D eigenvalue weighted by Gasteiger charge is 2.54. The van der Waals surface area contributed by atoms with Gasteiger partial charge in [-0.05, 0) is 57.8 Å². The van der Waals surface area contributed by atoms with E-state index in [1.165, 1.54) is 50.7 Å². The van der Waals surface area contributed by atoms with E-state index >= 15 is 0 Å². The van der Waals surface area contributed by atoms with Gasteiger partial charge in [0.25, 0.3) is 0 Å². The van der Waals surface area contributed by atoms with E-state index in [1.54, 1.807) is 36.5 Å². The van der Waals surface area contributed by atoms with Crippen molar-refractivity contribution in [2.75, 3.05) is 13.2 Å². The van der Waals surface area contributed by atoms with Crippen LogP contribution in [0.4, 0.5) is 0 Å². The molecule has 0 aromatic rings. The van der Waals surface area contributed by atoms with Crippen LogP contribution in [0.1, 0.15) is 136 Å². The van der Waals surface area contributed by atoms with Gasteiger partial charge in [0.15, 0.2) is 6.10 Å². The monoisotopic (exact) mass is 1040 g/mol. The third-order valence-corrected chi connectivity index (χ3v) is 12.3. The number of allylic oxidation sites excluding steroid dienone is 12. The number of esters is 2. The summed E-state index contributed by atoms with van der Waals surface area (Å²) in [6.45, 7) is 2.66. The average molecular weight is 1040 g/mol. The Morgan fingerprint density at radius 1 is 0.557 bits per heavy atom. The molecule has 1 fully saturated rings. The minimum Gasteiger partial charge on any atom is -0.462 e. The normalized spacial score (nSPS) is 23.1. The van der Waals surface area contributed by atoms with Crippen molar-refractivity contribution >= 4 is 27.6 Å². The molecule has 0 radical (unpaired) electrons. The van der Waals surface area contributed by atoms with Crippen LogP contribution in [0, 0.1) is 0 Å². The Balaban J connectivity index is 2.77. The van der Waals surface area contributed by atoms with Crippen LogP contribution in [-0.2, 0) is 41.8 Å². The molecule has 0 aromatic heterocycles. The van der Waals surface area contributed by atoms with Crippen molar-refractivity contribution in [2.45, 2.75) is 197 Å². The van der Waals surface area contributed by atoms with Crippen molar-refractivity contribution in [3.05, 3.63) is 85.1 Å². The predicted octanol–water partition coefficient (Wildman–Crippen LogP) is 6.31. The minimum absolute atomic E-state index is 0.0121. The smallest absolute Gasteiger partial charge is 0.462 e. The summed E-state index contributed by atoms with van der Waals surface area (Å²) in [4.78, 5) is 54.3. The Hall–Kier alpha value is -2.94. The van der Waals surface area contributed by atoms with Crippen LogP contribution in [0.25, 0.3) is 0 Å². The van der Waals surface area contributed by atoms with Crippen LogP contribution in [0.3, 0.4) is 0 Å². The van der Waals surface area contributed by atoms with Gasteiger partial charge in [0, 0.05) is 12.8 Å². The van der Waals surface area contributed by atoms with Gasteiger partial charge in [0.05, 0.1) is 24.9 Å². The Bertz CT molecular complexity index is 1730. The molecule has 0 aliphatic heterocycles. The van der Waals surface area contributed by atoms with Crippen molar-refractivity contribution in [2.24, 2.45) is 0 Å². The zero-order valence-electron chi connectivity index (χ0n) is 40.7. The van der Waals surface area contributed by atoms with Crippen molar-refractivity contribution in [1.29, 1.82) is 0 Å². The van der Waals surface area contributed by atoms with Gasteiger partial charge in [-0.2, -0.15) is 0 Å². The van der Waals surface area contributed by atoms with Crippen molar-refractivity contribution in [1.82, 2.24) is 0 Å². The minimum atomic E-state index is -5.42. The third-order valence-electron chi connectivity index (χ3n) is 10.8. The molecule has 0 spiro atoms. The summed E-state index contributed by atoms with van der Waals surface area (Å²) in [5, 5.41) is 71.9. The maximum atomic E-state index is 13.0. The molecule has 0 bridgehead atoms. The molecule has 1 rings (SSSR count). The summed E-state index contributed by atoms with van der Waals surface area (Å²) in [7, 11) is -10.8. The van der Waals surface area contributed by atoms with E-state index in [2.05, 4.69) is 42.7 Å². The fourth-order valence-corrected chi connectivity index (χ4v) is 8.38. The van der Waals surface area contributed by atoms with Crippen LogP contribution in [0.5, 0.6) is 0 Å². The summed E-state index contributed by atoms with van der Waals surface area (Å²) in [6, 6.07) is 0. The summed E-state index contributed by atoms with van der Waals surface area (Å²) < 4.78 is 49.1. The Morgan fingerprint density at radius 3 is 1.71 bits per heavy atom. The summed E-state index contributed by atoms with van der Waals surface area (Å²) in [5.41, 5.74) is 0. The van der Waals surface area contributed by atoms with Crippen molar-refractivity contribution < 1.29 is 92.2 Å². The highest BCUT2D eigenvalue weighted by molar-refractivity contribution is 7.47. The van der Waals surface area contributed by atoms with Crippen LogP contribution < -0.4 is 0 Å². The number of carbonyl (C=O) groups is 2. The largest absolute Gasteiger partial charge is 0.472 e. The Labute approximate surface area is 413 Å². The second kappa shape index (κ2) is 38.6. The molecule has 1 saturated carbocycles. The number of phosphoric ester groups is 2. The molecule has 70 heavy (non-hydrogen) atoms. The van der Waals surface area contributed by atoms with Gasteiger partial charge in [-0.1, -0.05) is 150 Å². The van der Waals surface area contributed by atoms with E-state index in [-0.39, 0.29) is 25.7 Å². The maximum Gasteiger partial charge on any atom is 0.472 e. The highest BCUT2D eigenvalue weighted by Crippen LogP contribution is 2.49. The number of aliphatic hydroxyl groups is 7. The second-order valence-corrected chi connectivity index (χ2v) is 19.6. The molecule has 5 unspecified atom stereocenters. The topological polar surface area (TPSA) is 317 Å². The lowest BCUT2D eigenvalue weighted by Gasteiger charge is -2.43. The number of phosphoric acid groups is 2. The van der Waals surface area contributed by atoms with E-state index < -0.39 is 102 Å². The number of ether oxygens (including phenoxy) is 2. The van der Waals surface area contributed by atoms with Gasteiger partial charge in [0.2, 0.25) is 0 Å². The number of rotatable bonds is 39. The first-order valence-electron chi connectivity index (χ1n) is 24.5. The molecular weight excluding hydrogens is 954 g/mol. The number of aliphatic hydroxyl groups excluding tert-OH is 7. The second-order valence-electron chi connectivity index (χ2n) is 17.0. The molecule has 1 aliphatic rings. The molecule has 402 valence electrons. The number of carbonyl (C=O) groups excluding carboxylic acids is 2. The molecule has 0 aromatic carbocycles. The first kappa shape index (κ1) is 65.1. The van der Waals surface area contributed by atoms with E-state index in [9.17, 15) is 69.1 Å². The summed E-state index contributed by atoms with van der Waals surface area (Å²) in [5.74, 6) is -1.60. The quantitative estimate of drug-likeness (QED) is 0.0106. The molecular formula is C49H82O19P2. The fourth-order valence-electron chi connectivity index (χ4n) is 6.84. The molecule has 19 nitrogen and oxygen atoms in total. The standard InChI is InChI=1S/C49H82O19P2/c1-3-5-7-8-9-10-11-12-13-14-15-16-17-18-19-24-28-34-42(53)64-36-39(37-65-70(62,63)68-49-46(57)44(55)45(56)48(47(49)58)67-69(59,60)61)66-43(54)35-29-33-41(52)40(51)32-27-23-21-20-22-26-31-38(50)30-25-6-4-2/h12-13,15-16,18-23,26-27,31-32,38-41,44-52,55-58H,3-11,14,17,24-25,28-30,33-37H2,1-2H3,(H,62,63)(H2,59,60,61)/b13-12-,16-15-,19-18-,22-20-,23-21+,31-26+,32-27+/t38-,39+,40-,41-,44?,45?,46?,47?,48+,49-/m0/s1. The highest BCUT2D eigenvalue weighted by atomic mass is 31.2. The van der Waals surface area contributed by atoms with Gasteiger partial charge in [0.1, 0.15) is 43.2 Å². The van der Waals surface area contributed by atoms with E-state index in [0.717, 1.165) is 38.5 Å². The average Bonchev–Trinajstić information content (AvgIpc) is 3.31. The van der Waals surface area contributed by atoms with E-state index in [0.29, 0.717) is 19.3 Å². The fraction of sp³-hybridized carbons (Fsp3) is 0.673. The SMILES string of the molecule is CCCCCCCC/C=C\C/C=C\C/C=C\CCCC(=O)OC[C@H](COP(=O)(O)O[C@H]1C(O)C(O)C(O)[C@@H](OP(=O)(O)O)C1O)OC(=O)CCC[C@H](O)[C@@H](O)/C=C/C=C/C=C\C=C\[C@@H](O)CCCCC. The van der Waals surface area contributed by atoms with Gasteiger partial charge >= 0.3 is 27.6 Å². The van der Waals surface area contributed by atoms with Gasteiger partial charge in [-0.15, -0.1) is 0 Å². The lowest BCUT2D eigenvalue weighted by Crippen LogP contribution is -2.64. The third kappa shape index (κ3) is 32.2. The molecule has 11 atom stereocenters. The van der Waals surface area contributed by atoms with Gasteiger partial charge < -0.3 is 59.9 Å². The molecule has 21 heteroatoms. The van der Waals surface area contributed by atoms with E-state index in [4.69, 9.17) is 18.5 Å². The maximum absolute atomic E-state index is 13.0. The van der Waals surface area contributed by atoms with Gasteiger partial charge in [-0.3, -0.25) is 23.2 Å². The summed E-state index contributed by atoms with van der Waals surface area (Å²) in [6.07, 6.45) is 21.7. The Morgan fingerprint density at radius 2 is 1.09 bits per heavy atom. The van der Waals surface area contributed by atoms with Gasteiger partial charge in [-0.25, -0.2) is 9.13 Å². The predicted molar refractivity (Wildman–Crippen MR) is 264 cm³/mol.